The van der Waals surface area contributed by atoms with Gasteiger partial charge in [-0.15, -0.1) is 0 Å². The number of alkyl carbamates (subject to hydrolysis) is 1. The maximum atomic E-state index is 13.3. The highest BCUT2D eigenvalue weighted by Gasteiger charge is 2.27. The Morgan fingerprint density at radius 3 is 2.27 bits per heavy atom. The summed E-state index contributed by atoms with van der Waals surface area (Å²) in [7, 11) is 1.42. The number of carbonyl (C=O) groups is 4. The van der Waals surface area contributed by atoms with Crippen LogP contribution in [0.25, 0.3) is 0 Å². The molecule has 0 fully saturated rings. The quantitative estimate of drug-likeness (QED) is 0.0742. The van der Waals surface area contributed by atoms with E-state index in [1.165, 1.54) is 25.5 Å². The van der Waals surface area contributed by atoms with E-state index >= 15 is 0 Å². The van der Waals surface area contributed by atoms with Crippen LogP contribution in [-0.4, -0.2) is 72.6 Å². The molecule has 0 spiro atoms. The van der Waals surface area contributed by atoms with E-state index in [1.807, 2.05) is 6.07 Å². The molecule has 4 rings (SSSR count). The monoisotopic (exact) mass is 717 g/mol. The van der Waals surface area contributed by atoms with Crippen molar-refractivity contribution in [1.29, 1.82) is 0 Å². The van der Waals surface area contributed by atoms with Gasteiger partial charge in [0.1, 0.15) is 24.4 Å². The maximum Gasteiger partial charge on any atom is 0.408 e. The first-order valence-electron chi connectivity index (χ1n) is 15.5. The first-order valence-corrected chi connectivity index (χ1v) is 15.9. The van der Waals surface area contributed by atoms with Crippen LogP contribution >= 0.6 is 11.6 Å². The van der Waals surface area contributed by atoms with E-state index in [-0.39, 0.29) is 36.9 Å². The number of phenolic OH excluding ortho intramolecular Hbond substituents is 1. The van der Waals surface area contributed by atoms with Gasteiger partial charge in [0.15, 0.2) is 18.1 Å². The lowest BCUT2D eigenvalue weighted by molar-refractivity contribution is -0.130. The Morgan fingerprint density at radius 2 is 1.57 bits per heavy atom. The zero-order chi connectivity index (χ0) is 36.6. The summed E-state index contributed by atoms with van der Waals surface area (Å²) in [5.74, 6) is -1.42. The minimum Gasteiger partial charge on any atom is -0.508 e. The summed E-state index contributed by atoms with van der Waals surface area (Å²) in [6, 6.07) is 23.8. The lowest BCUT2D eigenvalue weighted by Gasteiger charge is -2.21. The van der Waals surface area contributed by atoms with Gasteiger partial charge in [-0.1, -0.05) is 66.2 Å². The number of phenols is 1. The molecule has 51 heavy (non-hydrogen) atoms. The molecule has 0 aliphatic carbocycles. The molecule has 0 saturated heterocycles. The zero-order valence-corrected chi connectivity index (χ0v) is 28.1. The molecule has 0 aliphatic heterocycles. The van der Waals surface area contributed by atoms with E-state index in [0.29, 0.717) is 21.8 Å². The Kier molecular flexibility index (Phi) is 14.2. The van der Waals surface area contributed by atoms with Gasteiger partial charge >= 0.3 is 6.09 Å². The summed E-state index contributed by atoms with van der Waals surface area (Å²) < 4.78 is 16.1. The van der Waals surface area contributed by atoms with Gasteiger partial charge in [-0.25, -0.2) is 10.2 Å². The van der Waals surface area contributed by atoms with Crippen molar-refractivity contribution in [2.45, 2.75) is 25.1 Å². The number of benzene rings is 4. The summed E-state index contributed by atoms with van der Waals surface area (Å²) in [6.45, 7) is -1.15. The number of ether oxygens (including phenoxy) is 3. The van der Waals surface area contributed by atoms with Crippen molar-refractivity contribution in [3.05, 3.63) is 119 Å². The molecule has 4 aromatic carbocycles. The summed E-state index contributed by atoms with van der Waals surface area (Å²) in [6.07, 6.45) is 0.368. The number of halogens is 1. The molecular formula is C36H36ClN5O9. The smallest absolute Gasteiger partial charge is 0.408 e. The number of nitrogens with one attached hydrogen (secondary N) is 4. The molecular weight excluding hydrogens is 682 g/mol. The number of aromatic hydroxyl groups is 1. The van der Waals surface area contributed by atoms with Gasteiger partial charge in [0.2, 0.25) is 5.91 Å². The number of anilines is 1. The highest BCUT2D eigenvalue weighted by Crippen LogP contribution is 2.28. The molecule has 0 aromatic heterocycles. The van der Waals surface area contributed by atoms with Crippen molar-refractivity contribution < 1.29 is 43.6 Å². The van der Waals surface area contributed by atoms with Crippen LogP contribution in [0.5, 0.6) is 17.2 Å². The number of aliphatic hydroxyl groups excluding tert-OH is 1. The third kappa shape index (κ3) is 12.1. The van der Waals surface area contributed by atoms with Gasteiger partial charge in [0.05, 0.1) is 30.6 Å². The molecule has 15 heteroatoms. The summed E-state index contributed by atoms with van der Waals surface area (Å²) in [4.78, 5) is 51.0. The third-order valence-corrected chi connectivity index (χ3v) is 7.43. The number of aliphatic hydroxyl groups is 1. The second-order valence-corrected chi connectivity index (χ2v) is 11.2. The predicted molar refractivity (Wildman–Crippen MR) is 189 cm³/mol. The number of hydrazone groups is 1. The van der Waals surface area contributed by atoms with E-state index in [4.69, 9.17) is 25.8 Å². The van der Waals surface area contributed by atoms with Gasteiger partial charge in [-0.2, -0.15) is 5.10 Å². The van der Waals surface area contributed by atoms with E-state index in [2.05, 4.69) is 26.5 Å². The highest BCUT2D eigenvalue weighted by atomic mass is 35.5. The number of nitrogens with zero attached hydrogens (tertiary/aromatic N) is 1. The normalized spacial score (nSPS) is 11.9. The Labute approximate surface area is 298 Å². The van der Waals surface area contributed by atoms with Crippen LogP contribution in [0.4, 0.5) is 10.5 Å². The summed E-state index contributed by atoms with van der Waals surface area (Å²) >= 11 is 6.09. The highest BCUT2D eigenvalue weighted by molar-refractivity contribution is 6.33. The zero-order valence-electron chi connectivity index (χ0n) is 27.4. The lowest BCUT2D eigenvalue weighted by atomic mass is 10.0. The van der Waals surface area contributed by atoms with Crippen molar-refractivity contribution in [3.8, 4) is 17.2 Å². The van der Waals surface area contributed by atoms with Crippen molar-refractivity contribution in [2.24, 2.45) is 5.10 Å². The van der Waals surface area contributed by atoms with Crippen molar-refractivity contribution in [1.82, 2.24) is 16.1 Å². The van der Waals surface area contributed by atoms with E-state index in [0.717, 1.165) is 5.56 Å². The van der Waals surface area contributed by atoms with E-state index in [1.54, 1.807) is 78.9 Å². The van der Waals surface area contributed by atoms with E-state index < -0.39 is 42.5 Å². The SMILES string of the molecule is COc1cc(/C=N\NC(=O)[C@H](Cc2ccc(O)cc2)NC(=O)[C@H](CO)NC(=O)OCc2ccccc2)ccc1OCC(=O)Nc1ccccc1Cl. The van der Waals surface area contributed by atoms with Crippen molar-refractivity contribution >= 4 is 47.3 Å². The molecule has 0 bridgehead atoms. The fourth-order valence-electron chi connectivity index (χ4n) is 4.47. The maximum absolute atomic E-state index is 13.3. The Bertz CT molecular complexity index is 1820. The van der Waals surface area contributed by atoms with Gasteiger partial charge in [-0.05, 0) is 59.2 Å². The van der Waals surface area contributed by atoms with Gasteiger partial charge in [0, 0.05) is 6.42 Å². The molecule has 2 atom stereocenters. The molecule has 4 amide bonds. The van der Waals surface area contributed by atoms with Gasteiger partial charge < -0.3 is 40.4 Å². The summed E-state index contributed by atoms with van der Waals surface area (Å²) in [5, 5.41) is 31.4. The summed E-state index contributed by atoms with van der Waals surface area (Å²) in [5.41, 5.74) is 4.64. The van der Waals surface area contributed by atoms with Gasteiger partial charge in [0.25, 0.3) is 11.8 Å². The number of amides is 4. The van der Waals surface area contributed by atoms with E-state index in [9.17, 15) is 29.4 Å². The number of hydrogen-bond acceptors (Lipinski definition) is 10. The second kappa shape index (κ2) is 19.2. The molecule has 266 valence electrons. The minimum atomic E-state index is -1.43. The molecule has 0 unspecified atom stereocenters. The van der Waals surface area contributed by atoms with Crippen LogP contribution in [0.1, 0.15) is 16.7 Å². The van der Waals surface area contributed by atoms with Crippen LogP contribution in [0, 0.1) is 0 Å². The van der Waals surface area contributed by atoms with Crippen LogP contribution in [-0.2, 0) is 32.1 Å². The molecule has 0 heterocycles. The first kappa shape index (κ1) is 37.7. The molecule has 6 N–H and O–H groups in total. The average molecular weight is 718 g/mol. The Morgan fingerprint density at radius 1 is 0.843 bits per heavy atom. The Hall–Kier alpha value is -6.12. The number of carbonyl (C=O) groups excluding carboxylic acids is 4. The second-order valence-electron chi connectivity index (χ2n) is 10.8. The molecule has 0 saturated carbocycles. The molecule has 0 radical (unpaired) electrons. The Balaban J connectivity index is 1.37. The number of rotatable bonds is 16. The van der Waals surface area contributed by atoms with Crippen LogP contribution in [0.2, 0.25) is 5.02 Å². The average Bonchev–Trinajstić information content (AvgIpc) is 3.14. The lowest BCUT2D eigenvalue weighted by Crippen LogP contribution is -2.55. The molecule has 14 nitrogen and oxygen atoms in total. The molecule has 0 aliphatic rings. The van der Waals surface area contributed by atoms with Crippen LogP contribution in [0.3, 0.4) is 0 Å². The fourth-order valence-corrected chi connectivity index (χ4v) is 4.66. The fraction of sp³-hybridized carbons (Fsp3) is 0.194. The van der Waals surface area contributed by atoms with Crippen LogP contribution < -0.4 is 30.8 Å². The van der Waals surface area contributed by atoms with Crippen molar-refractivity contribution in [3.63, 3.8) is 0 Å². The molecule has 4 aromatic rings. The number of hydrogen-bond donors (Lipinski definition) is 6. The largest absolute Gasteiger partial charge is 0.508 e. The third-order valence-electron chi connectivity index (χ3n) is 7.10. The van der Waals surface area contributed by atoms with Crippen LogP contribution in [0.15, 0.2) is 102 Å². The number of methoxy groups -OCH3 is 1. The number of para-hydroxylation sites is 1. The first-order chi connectivity index (χ1) is 24.6. The van der Waals surface area contributed by atoms with Gasteiger partial charge in [-0.3, -0.25) is 14.4 Å². The topological polar surface area (TPSA) is 197 Å². The predicted octanol–water partition coefficient (Wildman–Crippen LogP) is 3.54. The van der Waals surface area contributed by atoms with Crippen molar-refractivity contribution in [2.75, 3.05) is 25.6 Å². The standard InChI is InChI=1S/C36H36ClN5O9/c1-49-32-18-25(13-16-31(32)50-22-33(45)39-28-10-6-5-9-27(28)37)19-38-42-35(47)29(17-23-11-14-26(44)15-12-23)40-34(46)30(20-43)41-36(48)51-21-24-7-3-2-4-8-24/h2-16,18-19,29-30,43-44H,17,20-22H2,1H3,(H,39,45)(H,40,46)(H,41,48)(H,42,47)/b38-19-/t29-,30-/m0/s1. The minimum absolute atomic E-state index is 0.0131.